The molecule has 0 aromatic carbocycles. The van der Waals surface area contributed by atoms with Gasteiger partial charge in [0.15, 0.2) is 5.65 Å². The van der Waals surface area contributed by atoms with E-state index in [2.05, 4.69) is 25.6 Å². The van der Waals surface area contributed by atoms with E-state index in [0.717, 1.165) is 0 Å². The molecule has 25 heavy (non-hydrogen) atoms. The second-order valence-corrected chi connectivity index (χ2v) is 5.82. The topological polar surface area (TPSA) is 67.1 Å². The minimum absolute atomic E-state index is 0.314. The molecule has 4 heterocycles. The van der Waals surface area contributed by atoms with E-state index in [1.165, 1.54) is 16.8 Å². The first-order valence-electron chi connectivity index (χ1n) is 7.82. The lowest BCUT2D eigenvalue weighted by Crippen LogP contribution is -2.29. The van der Waals surface area contributed by atoms with Crippen LogP contribution >= 0.6 is 0 Å². The summed E-state index contributed by atoms with van der Waals surface area (Å²) < 4.78 is 41.1. The maximum absolute atomic E-state index is 13.7. The molecular weight excluding hydrogens is 333 g/mol. The van der Waals surface area contributed by atoms with E-state index in [4.69, 9.17) is 0 Å². The largest absolute Gasteiger partial charge is 0.363 e. The zero-order valence-corrected chi connectivity index (χ0v) is 13.0. The van der Waals surface area contributed by atoms with Crippen LogP contribution in [0.1, 0.15) is 12.1 Å². The van der Waals surface area contributed by atoms with E-state index in [9.17, 15) is 13.2 Å². The third kappa shape index (κ3) is 3.02. The Morgan fingerprint density at radius 2 is 2.08 bits per heavy atom. The summed E-state index contributed by atoms with van der Waals surface area (Å²) in [7, 11) is 0. The van der Waals surface area contributed by atoms with Crippen LogP contribution < -0.4 is 10.6 Å². The van der Waals surface area contributed by atoms with Crippen LogP contribution in [0.2, 0.25) is 0 Å². The Morgan fingerprint density at radius 1 is 1.20 bits per heavy atom. The summed E-state index contributed by atoms with van der Waals surface area (Å²) in [6.45, 7) is 0.833. The lowest BCUT2D eigenvalue weighted by molar-refractivity contribution is 0.145. The normalized spacial score (nSPS) is 20.5. The number of hydrogen-bond donors (Lipinski definition) is 2. The fourth-order valence-corrected chi connectivity index (χ4v) is 2.84. The van der Waals surface area contributed by atoms with Gasteiger partial charge in [-0.2, -0.15) is 0 Å². The first kappa shape index (κ1) is 15.8. The predicted octanol–water partition coefficient (Wildman–Crippen LogP) is 2.45. The van der Waals surface area contributed by atoms with E-state index in [1.54, 1.807) is 24.4 Å². The molecule has 2 N–H and O–H groups in total. The molecule has 2 unspecified atom stereocenters. The Balaban J connectivity index is 1.68. The van der Waals surface area contributed by atoms with Gasteiger partial charge >= 0.3 is 0 Å². The highest BCUT2D eigenvalue weighted by molar-refractivity contribution is 5.61. The van der Waals surface area contributed by atoms with Crippen LogP contribution in [0.4, 0.5) is 19.0 Å². The molecule has 1 fully saturated rings. The summed E-state index contributed by atoms with van der Waals surface area (Å²) >= 11 is 0. The number of aromatic nitrogens is 4. The molecule has 1 aliphatic rings. The van der Waals surface area contributed by atoms with E-state index in [-0.39, 0.29) is 11.7 Å². The van der Waals surface area contributed by atoms with Crippen molar-refractivity contribution < 1.29 is 13.2 Å². The van der Waals surface area contributed by atoms with Crippen molar-refractivity contribution in [2.24, 2.45) is 0 Å². The van der Waals surface area contributed by atoms with Crippen LogP contribution in [0.5, 0.6) is 0 Å². The second-order valence-electron chi connectivity index (χ2n) is 5.82. The number of nitrogens with zero attached hydrogens (tertiary/aromatic N) is 4. The van der Waals surface area contributed by atoms with Crippen LogP contribution in [0.15, 0.2) is 36.8 Å². The van der Waals surface area contributed by atoms with Crippen molar-refractivity contribution in [3.63, 3.8) is 0 Å². The van der Waals surface area contributed by atoms with E-state index >= 15 is 0 Å². The number of rotatable bonds is 4. The maximum atomic E-state index is 13.7. The van der Waals surface area contributed by atoms with Gasteiger partial charge in [-0.25, -0.2) is 28.1 Å². The third-order valence-electron chi connectivity index (χ3n) is 4.12. The van der Waals surface area contributed by atoms with Gasteiger partial charge in [-0.3, -0.25) is 4.40 Å². The van der Waals surface area contributed by atoms with Gasteiger partial charge in [0.2, 0.25) is 0 Å². The second kappa shape index (κ2) is 6.32. The molecule has 0 radical (unpaired) electrons. The van der Waals surface area contributed by atoms with Gasteiger partial charge in [0.25, 0.3) is 6.43 Å². The molecule has 0 bridgehead atoms. The van der Waals surface area contributed by atoms with Crippen LogP contribution in [-0.2, 0) is 0 Å². The summed E-state index contributed by atoms with van der Waals surface area (Å²) in [4.78, 5) is 12.3. The first-order valence-corrected chi connectivity index (χ1v) is 7.82. The smallest absolute Gasteiger partial charge is 0.281 e. The van der Waals surface area contributed by atoms with Crippen molar-refractivity contribution in [2.75, 3.05) is 18.4 Å². The number of pyridine rings is 1. The summed E-state index contributed by atoms with van der Waals surface area (Å²) in [6, 6.07) is 4.91. The first-order chi connectivity index (χ1) is 12.1. The highest BCUT2D eigenvalue weighted by atomic mass is 19.3. The van der Waals surface area contributed by atoms with Gasteiger partial charge in [-0.05, 0) is 12.1 Å². The Hall–Kier alpha value is -2.68. The molecule has 1 aliphatic heterocycles. The van der Waals surface area contributed by atoms with Gasteiger partial charge in [-0.1, -0.05) is 6.07 Å². The van der Waals surface area contributed by atoms with Crippen molar-refractivity contribution in [2.45, 2.75) is 18.6 Å². The standard InChI is InChI=1S/C16H15F3N6/c17-9-4-20-5-11(9)24-14-3-1-2-10(23-14)13-6-22-15-7-21-12(16(18)19)8-25(13)15/h1-3,6-9,11,16,20H,4-5H2,(H,23,24). The fourth-order valence-electron chi connectivity index (χ4n) is 2.84. The number of nitrogens with one attached hydrogen (secondary N) is 2. The van der Waals surface area contributed by atoms with Crippen LogP contribution in [0, 0.1) is 0 Å². The zero-order valence-electron chi connectivity index (χ0n) is 13.0. The molecule has 0 amide bonds. The quantitative estimate of drug-likeness (QED) is 0.758. The molecule has 130 valence electrons. The zero-order chi connectivity index (χ0) is 17.4. The van der Waals surface area contributed by atoms with Crippen LogP contribution in [0.25, 0.3) is 17.0 Å². The molecule has 1 saturated heterocycles. The predicted molar refractivity (Wildman–Crippen MR) is 86.4 cm³/mol. The van der Waals surface area contributed by atoms with Gasteiger partial charge in [0, 0.05) is 19.3 Å². The van der Waals surface area contributed by atoms with Crippen molar-refractivity contribution in [3.8, 4) is 11.4 Å². The number of fused-ring (bicyclic) bond motifs is 1. The summed E-state index contributed by atoms with van der Waals surface area (Å²) in [6.07, 6.45) is 0.444. The number of hydrogen-bond acceptors (Lipinski definition) is 5. The monoisotopic (exact) mass is 348 g/mol. The van der Waals surface area contributed by atoms with Gasteiger partial charge in [0.1, 0.15) is 17.7 Å². The summed E-state index contributed by atoms with van der Waals surface area (Å²) in [5.41, 5.74) is 1.22. The summed E-state index contributed by atoms with van der Waals surface area (Å²) in [5.74, 6) is 0.520. The van der Waals surface area contributed by atoms with E-state index in [1.807, 2.05) is 0 Å². The van der Waals surface area contributed by atoms with E-state index < -0.39 is 12.6 Å². The highest BCUT2D eigenvalue weighted by Crippen LogP contribution is 2.23. The molecule has 0 saturated carbocycles. The SMILES string of the molecule is FC(F)c1cn2c(-c3cccc(NC4CNCC4F)n3)cnc2cn1. The van der Waals surface area contributed by atoms with E-state index in [0.29, 0.717) is 35.9 Å². The Bertz CT molecular complexity index is 896. The molecule has 0 aliphatic carbocycles. The summed E-state index contributed by atoms with van der Waals surface area (Å²) in [5, 5.41) is 6.03. The van der Waals surface area contributed by atoms with Crippen molar-refractivity contribution >= 4 is 11.5 Å². The molecule has 4 rings (SSSR count). The highest BCUT2D eigenvalue weighted by Gasteiger charge is 2.26. The molecule has 0 spiro atoms. The minimum atomic E-state index is -2.67. The van der Waals surface area contributed by atoms with Crippen molar-refractivity contribution in [1.29, 1.82) is 0 Å². The van der Waals surface area contributed by atoms with Gasteiger partial charge in [-0.15, -0.1) is 0 Å². The molecule has 3 aromatic heterocycles. The molecule has 6 nitrogen and oxygen atoms in total. The van der Waals surface area contributed by atoms with Gasteiger partial charge < -0.3 is 10.6 Å². The Kier molecular flexibility index (Phi) is 4.00. The maximum Gasteiger partial charge on any atom is 0.281 e. The van der Waals surface area contributed by atoms with Crippen LogP contribution in [0.3, 0.4) is 0 Å². The average molecular weight is 348 g/mol. The van der Waals surface area contributed by atoms with Crippen molar-refractivity contribution in [3.05, 3.63) is 42.5 Å². The van der Waals surface area contributed by atoms with Crippen LogP contribution in [-0.4, -0.2) is 44.7 Å². The Labute approximate surface area is 141 Å². The third-order valence-corrected chi connectivity index (χ3v) is 4.12. The lowest BCUT2D eigenvalue weighted by Gasteiger charge is -2.15. The number of imidazole rings is 1. The fraction of sp³-hybridized carbons (Fsp3) is 0.312. The number of anilines is 1. The van der Waals surface area contributed by atoms with Crippen molar-refractivity contribution in [1.82, 2.24) is 24.7 Å². The minimum Gasteiger partial charge on any atom is -0.363 e. The molecular formula is C16H15F3N6. The molecule has 2 atom stereocenters. The van der Waals surface area contributed by atoms with Gasteiger partial charge in [0.05, 0.1) is 29.8 Å². The number of alkyl halides is 3. The Morgan fingerprint density at radius 3 is 2.84 bits per heavy atom. The molecule has 9 heteroatoms. The average Bonchev–Trinajstić information content (AvgIpc) is 3.21. The lowest BCUT2D eigenvalue weighted by atomic mass is 10.2. The molecule has 3 aromatic rings. The number of halogens is 3.